The number of halogens is 1. The molecule has 0 bridgehead atoms. The molecule has 2 N–H and O–H groups in total. The Morgan fingerprint density at radius 1 is 1.29 bits per heavy atom. The predicted octanol–water partition coefficient (Wildman–Crippen LogP) is 3.73. The maximum Gasteiger partial charge on any atom is 0.319 e. The summed E-state index contributed by atoms with van der Waals surface area (Å²) in [5.41, 5.74) is 1.20. The van der Waals surface area contributed by atoms with Crippen LogP contribution in [0.2, 0.25) is 0 Å². The van der Waals surface area contributed by atoms with Gasteiger partial charge in [-0.1, -0.05) is 28.1 Å². The summed E-state index contributed by atoms with van der Waals surface area (Å²) in [6.45, 7) is 0.430. The second kappa shape index (κ2) is 8.30. The quantitative estimate of drug-likeness (QED) is 0.577. The van der Waals surface area contributed by atoms with Gasteiger partial charge in [0.1, 0.15) is 5.75 Å². The molecule has 0 saturated heterocycles. The van der Waals surface area contributed by atoms with Crippen LogP contribution in [0.15, 0.2) is 46.9 Å². The minimum atomic E-state index is -0.532. The van der Waals surface area contributed by atoms with Gasteiger partial charge >= 0.3 is 6.03 Å². The SMILES string of the molecule is COc1ccc([N+](=O)[O-])cc1NC(=O)NCCc1cccc(Br)c1. The van der Waals surface area contributed by atoms with Gasteiger partial charge in [0.25, 0.3) is 5.69 Å². The Balaban J connectivity index is 1.94. The minimum Gasteiger partial charge on any atom is -0.495 e. The number of urea groups is 1. The van der Waals surface area contributed by atoms with Gasteiger partial charge in [-0.3, -0.25) is 10.1 Å². The number of carbonyl (C=O) groups is 1. The van der Waals surface area contributed by atoms with Gasteiger partial charge in [-0.15, -0.1) is 0 Å². The lowest BCUT2D eigenvalue weighted by Crippen LogP contribution is -2.30. The molecule has 0 unspecified atom stereocenters. The van der Waals surface area contributed by atoms with Crippen molar-refractivity contribution in [2.45, 2.75) is 6.42 Å². The number of nitrogens with zero attached hydrogens (tertiary/aromatic N) is 1. The molecule has 0 saturated carbocycles. The molecule has 8 heteroatoms. The molecule has 0 aromatic heterocycles. The Morgan fingerprint density at radius 2 is 2.08 bits per heavy atom. The summed E-state index contributed by atoms with van der Waals surface area (Å²) < 4.78 is 6.08. The molecule has 0 aliphatic rings. The first-order chi connectivity index (χ1) is 11.5. The van der Waals surface area contributed by atoms with E-state index in [4.69, 9.17) is 4.74 Å². The predicted molar refractivity (Wildman–Crippen MR) is 94.5 cm³/mol. The van der Waals surface area contributed by atoms with E-state index in [0.29, 0.717) is 18.7 Å². The summed E-state index contributed by atoms with van der Waals surface area (Å²) in [6.07, 6.45) is 0.666. The van der Waals surface area contributed by atoms with Crippen molar-refractivity contribution in [3.05, 3.63) is 62.6 Å². The van der Waals surface area contributed by atoms with Crippen molar-refractivity contribution < 1.29 is 14.5 Å². The Kier molecular flexibility index (Phi) is 6.14. The van der Waals surface area contributed by atoms with Crippen LogP contribution < -0.4 is 15.4 Å². The van der Waals surface area contributed by atoms with E-state index in [1.165, 1.54) is 25.3 Å². The highest BCUT2D eigenvalue weighted by molar-refractivity contribution is 9.10. The van der Waals surface area contributed by atoms with Gasteiger partial charge in [0.15, 0.2) is 0 Å². The molecule has 0 atom stereocenters. The van der Waals surface area contributed by atoms with Gasteiger partial charge in [0.05, 0.1) is 17.7 Å². The van der Waals surface area contributed by atoms with Gasteiger partial charge in [-0.2, -0.15) is 0 Å². The fourth-order valence-electron chi connectivity index (χ4n) is 2.09. The van der Waals surface area contributed by atoms with E-state index < -0.39 is 11.0 Å². The third kappa shape index (κ3) is 4.95. The van der Waals surface area contributed by atoms with Gasteiger partial charge in [-0.05, 0) is 30.2 Å². The molecule has 2 aromatic rings. The summed E-state index contributed by atoms with van der Waals surface area (Å²) in [5, 5.41) is 16.1. The van der Waals surface area contributed by atoms with Crippen molar-refractivity contribution in [1.29, 1.82) is 0 Å². The first-order valence-electron chi connectivity index (χ1n) is 7.11. The zero-order valence-corrected chi connectivity index (χ0v) is 14.5. The number of nitro groups is 1. The maximum absolute atomic E-state index is 12.0. The number of methoxy groups -OCH3 is 1. The number of rotatable bonds is 6. The number of nitro benzene ring substituents is 1. The maximum atomic E-state index is 12.0. The van der Waals surface area contributed by atoms with E-state index in [0.717, 1.165) is 10.0 Å². The Labute approximate surface area is 147 Å². The van der Waals surface area contributed by atoms with Crippen LogP contribution in [-0.4, -0.2) is 24.6 Å². The first kappa shape index (κ1) is 17.7. The molecule has 126 valence electrons. The van der Waals surface area contributed by atoms with Crippen molar-refractivity contribution in [1.82, 2.24) is 5.32 Å². The summed E-state index contributed by atoms with van der Waals surface area (Å²) in [7, 11) is 1.43. The highest BCUT2D eigenvalue weighted by atomic mass is 79.9. The van der Waals surface area contributed by atoms with Crippen molar-refractivity contribution in [3.8, 4) is 5.75 Å². The normalized spacial score (nSPS) is 10.1. The standard InChI is InChI=1S/C16H16BrN3O4/c1-24-15-6-5-13(20(22)23)10-14(15)19-16(21)18-8-7-11-3-2-4-12(17)9-11/h2-6,9-10H,7-8H2,1H3,(H2,18,19,21). The lowest BCUT2D eigenvalue weighted by molar-refractivity contribution is -0.384. The summed E-state index contributed by atoms with van der Waals surface area (Å²) in [6, 6.07) is 11.4. The van der Waals surface area contributed by atoms with Gasteiger partial charge in [0, 0.05) is 23.2 Å². The molecule has 0 radical (unpaired) electrons. The van der Waals surface area contributed by atoms with Crippen molar-refractivity contribution in [3.63, 3.8) is 0 Å². The van der Waals surface area contributed by atoms with Crippen LogP contribution in [0, 0.1) is 10.1 Å². The fourth-order valence-corrected chi connectivity index (χ4v) is 2.53. The zero-order chi connectivity index (χ0) is 17.5. The van der Waals surface area contributed by atoms with Crippen LogP contribution in [0.1, 0.15) is 5.56 Å². The molecular weight excluding hydrogens is 378 g/mol. The summed E-state index contributed by atoms with van der Waals surface area (Å²) >= 11 is 3.39. The second-order valence-corrected chi connectivity index (χ2v) is 5.82. The minimum absolute atomic E-state index is 0.125. The molecular formula is C16H16BrN3O4. The van der Waals surface area contributed by atoms with Crippen molar-refractivity contribution in [2.75, 3.05) is 19.0 Å². The highest BCUT2D eigenvalue weighted by Gasteiger charge is 2.13. The molecule has 2 rings (SSSR count). The Morgan fingerprint density at radius 3 is 2.75 bits per heavy atom. The number of benzene rings is 2. The van der Waals surface area contributed by atoms with E-state index in [1.807, 2.05) is 24.3 Å². The van der Waals surface area contributed by atoms with E-state index >= 15 is 0 Å². The molecule has 0 heterocycles. The fraction of sp³-hybridized carbons (Fsp3) is 0.188. The van der Waals surface area contributed by atoms with Crippen LogP contribution in [0.4, 0.5) is 16.2 Å². The number of ether oxygens (including phenoxy) is 1. The van der Waals surface area contributed by atoms with Gasteiger partial charge in [0.2, 0.25) is 0 Å². The Hall–Kier alpha value is -2.61. The average Bonchev–Trinajstić information content (AvgIpc) is 2.54. The summed E-state index contributed by atoms with van der Waals surface area (Å²) in [5.74, 6) is 0.350. The van der Waals surface area contributed by atoms with Crippen LogP contribution >= 0.6 is 15.9 Å². The smallest absolute Gasteiger partial charge is 0.319 e. The molecule has 2 amide bonds. The number of nitrogens with one attached hydrogen (secondary N) is 2. The molecule has 0 aliphatic heterocycles. The lowest BCUT2D eigenvalue weighted by Gasteiger charge is -2.11. The molecule has 0 spiro atoms. The Bertz CT molecular complexity index is 752. The number of non-ortho nitro benzene ring substituents is 1. The topological polar surface area (TPSA) is 93.5 Å². The number of hydrogen-bond donors (Lipinski definition) is 2. The van der Waals surface area contributed by atoms with E-state index in [2.05, 4.69) is 26.6 Å². The third-order valence-electron chi connectivity index (χ3n) is 3.23. The number of carbonyl (C=O) groups excluding carboxylic acids is 1. The zero-order valence-electron chi connectivity index (χ0n) is 12.9. The first-order valence-corrected chi connectivity index (χ1v) is 7.90. The number of amides is 2. The van der Waals surface area contributed by atoms with Crippen LogP contribution in [-0.2, 0) is 6.42 Å². The number of anilines is 1. The second-order valence-electron chi connectivity index (χ2n) is 4.90. The third-order valence-corrected chi connectivity index (χ3v) is 3.72. The largest absolute Gasteiger partial charge is 0.495 e. The van der Waals surface area contributed by atoms with Crippen molar-refractivity contribution in [2.24, 2.45) is 0 Å². The lowest BCUT2D eigenvalue weighted by atomic mass is 10.1. The monoisotopic (exact) mass is 393 g/mol. The van der Waals surface area contributed by atoms with Crippen LogP contribution in [0.3, 0.4) is 0 Å². The molecule has 0 aliphatic carbocycles. The molecule has 7 nitrogen and oxygen atoms in total. The highest BCUT2D eigenvalue weighted by Crippen LogP contribution is 2.28. The van der Waals surface area contributed by atoms with Crippen LogP contribution in [0.25, 0.3) is 0 Å². The van der Waals surface area contributed by atoms with Crippen molar-refractivity contribution >= 4 is 33.3 Å². The number of hydrogen-bond acceptors (Lipinski definition) is 4. The summed E-state index contributed by atoms with van der Waals surface area (Å²) in [4.78, 5) is 22.3. The van der Waals surface area contributed by atoms with Gasteiger partial charge < -0.3 is 15.4 Å². The molecule has 24 heavy (non-hydrogen) atoms. The molecule has 0 fully saturated rings. The molecule has 2 aromatic carbocycles. The van der Waals surface area contributed by atoms with Gasteiger partial charge in [-0.25, -0.2) is 4.79 Å². The average molecular weight is 394 g/mol. The van der Waals surface area contributed by atoms with Crippen LogP contribution in [0.5, 0.6) is 5.75 Å². The van der Waals surface area contributed by atoms with E-state index in [-0.39, 0.29) is 11.4 Å². The van der Waals surface area contributed by atoms with E-state index in [1.54, 1.807) is 0 Å². The van der Waals surface area contributed by atoms with E-state index in [9.17, 15) is 14.9 Å².